The summed E-state index contributed by atoms with van der Waals surface area (Å²) in [4.78, 5) is 0. The number of rotatable bonds is 4. The molecule has 1 aliphatic rings. The number of aryl methyl sites for hydroxylation is 1. The Hall–Kier alpha value is -1.80. The Morgan fingerprint density at radius 3 is 2.75 bits per heavy atom. The molecular weight excluding hydrogens is 248 g/mol. The summed E-state index contributed by atoms with van der Waals surface area (Å²) >= 11 is 0. The van der Waals surface area contributed by atoms with Gasteiger partial charge in [-0.3, -0.25) is 0 Å². The van der Waals surface area contributed by atoms with Crippen LogP contribution in [0.2, 0.25) is 0 Å². The maximum absolute atomic E-state index is 9.57. The molecule has 2 nitrogen and oxygen atoms in total. The fourth-order valence-corrected chi connectivity index (χ4v) is 2.80. The lowest BCUT2D eigenvalue weighted by molar-refractivity contribution is 0.199. The highest BCUT2D eigenvalue weighted by atomic mass is 16.5. The fourth-order valence-electron chi connectivity index (χ4n) is 2.80. The standard InChI is InChI=1S/C18H20O2/c1-12-9-14(13(2)19)7-8-18(12)20-11-16-10-15-5-3-4-6-17(15)16/h3-9,13,16,19H,10-11H2,1-2H3/t13-,16?/m1/s1. The van der Waals surface area contributed by atoms with Crippen LogP contribution in [0.5, 0.6) is 5.75 Å². The lowest BCUT2D eigenvalue weighted by Crippen LogP contribution is -2.23. The molecule has 0 amide bonds. The van der Waals surface area contributed by atoms with Gasteiger partial charge in [-0.1, -0.05) is 30.3 Å². The highest BCUT2D eigenvalue weighted by molar-refractivity contribution is 5.41. The molecule has 2 aromatic rings. The predicted octanol–water partition coefficient (Wildman–Crippen LogP) is 3.77. The van der Waals surface area contributed by atoms with Crippen molar-refractivity contribution in [1.29, 1.82) is 0 Å². The van der Waals surface area contributed by atoms with Gasteiger partial charge in [-0.25, -0.2) is 0 Å². The van der Waals surface area contributed by atoms with Gasteiger partial charge in [0.1, 0.15) is 5.75 Å². The van der Waals surface area contributed by atoms with Crippen LogP contribution in [0.3, 0.4) is 0 Å². The maximum Gasteiger partial charge on any atom is 0.122 e. The topological polar surface area (TPSA) is 29.5 Å². The van der Waals surface area contributed by atoms with Gasteiger partial charge in [0.25, 0.3) is 0 Å². The Kier molecular flexibility index (Phi) is 3.49. The Labute approximate surface area is 120 Å². The number of benzene rings is 2. The SMILES string of the molecule is Cc1cc([C@@H](C)O)ccc1OCC1Cc2ccccc21. The Morgan fingerprint density at radius 1 is 1.25 bits per heavy atom. The monoisotopic (exact) mass is 268 g/mol. The third-order valence-corrected chi connectivity index (χ3v) is 4.08. The Bertz CT molecular complexity index is 617. The van der Waals surface area contributed by atoms with Crippen LogP contribution in [0.1, 0.15) is 41.2 Å². The van der Waals surface area contributed by atoms with Crippen LogP contribution in [0.15, 0.2) is 42.5 Å². The van der Waals surface area contributed by atoms with Gasteiger partial charge in [-0.05, 0) is 54.7 Å². The van der Waals surface area contributed by atoms with Crippen LogP contribution in [-0.2, 0) is 6.42 Å². The summed E-state index contributed by atoms with van der Waals surface area (Å²) in [6.45, 7) is 4.53. The third kappa shape index (κ3) is 2.44. The second-order valence-corrected chi connectivity index (χ2v) is 5.61. The minimum absolute atomic E-state index is 0.429. The summed E-state index contributed by atoms with van der Waals surface area (Å²) in [5.74, 6) is 1.43. The summed E-state index contributed by atoms with van der Waals surface area (Å²) in [5, 5.41) is 9.57. The van der Waals surface area contributed by atoms with E-state index in [2.05, 4.69) is 24.3 Å². The molecule has 0 fully saturated rings. The van der Waals surface area contributed by atoms with Gasteiger partial charge in [0.15, 0.2) is 0 Å². The molecule has 0 bridgehead atoms. The molecule has 2 aromatic carbocycles. The first-order chi connectivity index (χ1) is 9.65. The molecule has 0 heterocycles. The van der Waals surface area contributed by atoms with Gasteiger partial charge in [0.05, 0.1) is 12.7 Å². The van der Waals surface area contributed by atoms with Gasteiger partial charge < -0.3 is 9.84 Å². The van der Waals surface area contributed by atoms with Crippen LogP contribution >= 0.6 is 0 Å². The molecule has 0 radical (unpaired) electrons. The molecule has 0 spiro atoms. The van der Waals surface area contributed by atoms with Crippen LogP contribution in [0.25, 0.3) is 0 Å². The van der Waals surface area contributed by atoms with Gasteiger partial charge >= 0.3 is 0 Å². The summed E-state index contributed by atoms with van der Waals surface area (Å²) in [5.41, 5.74) is 4.88. The minimum atomic E-state index is -0.429. The van der Waals surface area contributed by atoms with E-state index in [0.717, 1.165) is 29.9 Å². The molecule has 2 atom stereocenters. The zero-order valence-electron chi connectivity index (χ0n) is 12.0. The van der Waals surface area contributed by atoms with Crippen molar-refractivity contribution >= 4 is 0 Å². The van der Waals surface area contributed by atoms with Crippen LogP contribution in [0.4, 0.5) is 0 Å². The quantitative estimate of drug-likeness (QED) is 0.914. The number of hydrogen-bond donors (Lipinski definition) is 1. The lowest BCUT2D eigenvalue weighted by Gasteiger charge is -2.30. The number of aliphatic hydroxyl groups is 1. The molecule has 0 saturated carbocycles. The molecule has 0 saturated heterocycles. The van der Waals surface area contributed by atoms with Crippen LogP contribution < -0.4 is 4.74 Å². The predicted molar refractivity (Wildman–Crippen MR) is 80.2 cm³/mol. The van der Waals surface area contributed by atoms with E-state index in [1.54, 1.807) is 6.92 Å². The van der Waals surface area contributed by atoms with Gasteiger partial charge in [0, 0.05) is 5.92 Å². The zero-order chi connectivity index (χ0) is 14.1. The van der Waals surface area contributed by atoms with E-state index in [1.807, 2.05) is 25.1 Å². The van der Waals surface area contributed by atoms with E-state index in [-0.39, 0.29) is 0 Å². The summed E-state index contributed by atoms with van der Waals surface area (Å²) in [7, 11) is 0. The maximum atomic E-state index is 9.57. The summed E-state index contributed by atoms with van der Waals surface area (Å²) in [6, 6.07) is 14.5. The number of ether oxygens (including phenoxy) is 1. The van der Waals surface area contributed by atoms with Gasteiger partial charge in [-0.2, -0.15) is 0 Å². The van der Waals surface area contributed by atoms with E-state index in [9.17, 15) is 5.11 Å². The highest BCUT2D eigenvalue weighted by Crippen LogP contribution is 2.35. The van der Waals surface area contributed by atoms with E-state index in [4.69, 9.17) is 4.74 Å². The Morgan fingerprint density at radius 2 is 2.05 bits per heavy atom. The molecule has 1 N–H and O–H groups in total. The molecule has 2 heteroatoms. The van der Waals surface area contributed by atoms with E-state index >= 15 is 0 Å². The van der Waals surface area contributed by atoms with Crippen molar-refractivity contribution in [3.8, 4) is 5.75 Å². The lowest BCUT2D eigenvalue weighted by atomic mass is 9.78. The van der Waals surface area contributed by atoms with E-state index in [1.165, 1.54) is 11.1 Å². The van der Waals surface area contributed by atoms with Crippen LogP contribution in [0, 0.1) is 6.92 Å². The molecule has 20 heavy (non-hydrogen) atoms. The minimum Gasteiger partial charge on any atom is -0.493 e. The zero-order valence-corrected chi connectivity index (χ0v) is 12.0. The van der Waals surface area contributed by atoms with Gasteiger partial charge in [0.2, 0.25) is 0 Å². The van der Waals surface area contributed by atoms with Crippen molar-refractivity contribution in [2.24, 2.45) is 0 Å². The fraction of sp³-hybridized carbons (Fsp3) is 0.333. The normalized spacial score (nSPS) is 18.1. The average molecular weight is 268 g/mol. The first kappa shape index (κ1) is 13.2. The first-order valence-corrected chi connectivity index (χ1v) is 7.14. The van der Waals surface area contributed by atoms with Crippen molar-refractivity contribution < 1.29 is 9.84 Å². The molecule has 1 unspecified atom stereocenters. The smallest absolute Gasteiger partial charge is 0.122 e. The van der Waals surface area contributed by atoms with Crippen molar-refractivity contribution in [2.75, 3.05) is 6.61 Å². The van der Waals surface area contributed by atoms with E-state index in [0.29, 0.717) is 5.92 Å². The molecular formula is C18H20O2. The molecule has 3 rings (SSSR count). The molecule has 1 aliphatic carbocycles. The molecule has 0 aromatic heterocycles. The third-order valence-electron chi connectivity index (χ3n) is 4.08. The number of fused-ring (bicyclic) bond motifs is 1. The van der Waals surface area contributed by atoms with E-state index < -0.39 is 6.10 Å². The number of aliphatic hydroxyl groups excluding tert-OH is 1. The Balaban J connectivity index is 1.65. The number of hydrogen-bond acceptors (Lipinski definition) is 2. The van der Waals surface area contributed by atoms with Crippen molar-refractivity contribution in [3.05, 3.63) is 64.7 Å². The second-order valence-electron chi connectivity index (χ2n) is 5.61. The largest absolute Gasteiger partial charge is 0.493 e. The van der Waals surface area contributed by atoms with Gasteiger partial charge in [-0.15, -0.1) is 0 Å². The molecule has 0 aliphatic heterocycles. The highest BCUT2D eigenvalue weighted by Gasteiger charge is 2.25. The summed E-state index contributed by atoms with van der Waals surface area (Å²) in [6.07, 6.45) is 0.683. The van der Waals surface area contributed by atoms with Crippen LogP contribution in [-0.4, -0.2) is 11.7 Å². The molecule has 104 valence electrons. The van der Waals surface area contributed by atoms with Crippen molar-refractivity contribution in [3.63, 3.8) is 0 Å². The summed E-state index contributed by atoms with van der Waals surface area (Å²) < 4.78 is 5.95. The first-order valence-electron chi connectivity index (χ1n) is 7.14. The van der Waals surface area contributed by atoms with Crippen molar-refractivity contribution in [2.45, 2.75) is 32.3 Å². The average Bonchev–Trinajstić information content (AvgIpc) is 2.41. The van der Waals surface area contributed by atoms with Crippen molar-refractivity contribution in [1.82, 2.24) is 0 Å². The second kappa shape index (κ2) is 5.29.